The number of carbonyl (C=O) groups excluding carboxylic acids is 6. The van der Waals surface area contributed by atoms with E-state index in [1.165, 1.54) is 70.6 Å². The van der Waals surface area contributed by atoms with Gasteiger partial charge in [-0.2, -0.15) is 0 Å². The van der Waals surface area contributed by atoms with Gasteiger partial charge in [-0.1, -0.05) is 39.5 Å². The predicted molar refractivity (Wildman–Crippen MR) is 270 cm³/mol. The van der Waals surface area contributed by atoms with Gasteiger partial charge in [0.2, 0.25) is 0 Å². The molecule has 0 heterocycles. The first kappa shape index (κ1) is 53.6. The minimum atomic E-state index is -0.523. The Morgan fingerprint density at radius 2 is 0.439 bits per heavy atom. The standard InChI is InChI=1S/C48H48O12S6/c1-7-43(49)55-13-19-61-37-25-31-32(26-38(37)62-20-14-56-44(50)8-2)34-28-40(64-22-16-58-46(52)10-4)42(66-24-18-60-48(54)12-6)30-36(34)35-29-41(65-23-17-59-47(53)11-5)39(27-33(31)35)63-21-15-57-45(51)9-3/h7-12,25-30H,1-6,13-24H2. The van der Waals surface area contributed by atoms with Crippen LogP contribution in [0.15, 0.2) is 142 Å². The first-order valence-corrected chi connectivity index (χ1v) is 25.9. The lowest BCUT2D eigenvalue weighted by Crippen LogP contribution is -2.05. The Bertz CT molecular complexity index is 2030. The van der Waals surface area contributed by atoms with Crippen molar-refractivity contribution in [2.24, 2.45) is 0 Å². The van der Waals surface area contributed by atoms with Crippen molar-refractivity contribution in [1.82, 2.24) is 0 Å². The smallest absolute Gasteiger partial charge is 0.330 e. The zero-order valence-corrected chi connectivity index (χ0v) is 40.9. The van der Waals surface area contributed by atoms with E-state index < -0.39 is 35.8 Å². The van der Waals surface area contributed by atoms with Crippen LogP contribution in [0.4, 0.5) is 0 Å². The molecule has 0 saturated heterocycles. The van der Waals surface area contributed by atoms with Gasteiger partial charge in [0.15, 0.2) is 0 Å². The van der Waals surface area contributed by atoms with Crippen LogP contribution in [0.3, 0.4) is 0 Å². The molecule has 18 heteroatoms. The van der Waals surface area contributed by atoms with Crippen molar-refractivity contribution in [3.63, 3.8) is 0 Å². The maximum absolute atomic E-state index is 11.9. The third-order valence-corrected chi connectivity index (χ3v) is 15.1. The highest BCUT2D eigenvalue weighted by Crippen LogP contribution is 2.47. The van der Waals surface area contributed by atoms with Crippen molar-refractivity contribution in [2.75, 3.05) is 74.2 Å². The Morgan fingerprint density at radius 3 is 0.561 bits per heavy atom. The van der Waals surface area contributed by atoms with Gasteiger partial charge in [0.1, 0.15) is 39.6 Å². The summed E-state index contributed by atoms with van der Waals surface area (Å²) in [5.41, 5.74) is 0. The molecule has 0 aliphatic heterocycles. The first-order chi connectivity index (χ1) is 32.0. The summed E-state index contributed by atoms with van der Waals surface area (Å²) in [5.74, 6) is -0.489. The number of hydrogen-bond donors (Lipinski definition) is 0. The van der Waals surface area contributed by atoms with E-state index in [0.29, 0.717) is 34.5 Å². The summed E-state index contributed by atoms with van der Waals surface area (Å²) < 4.78 is 31.8. The molecule has 4 aromatic carbocycles. The molecule has 0 spiro atoms. The SMILES string of the molecule is C=CC(=O)OCCSc1cc2c3cc(SCCOC(=O)C=C)c(SCCOC(=O)C=C)cc3c3cc(SCCOC(=O)C=C)c(SCCOC(=O)C=C)cc3c2cc1SCCOC(=O)C=C. The Kier molecular flexibility index (Phi) is 23.5. The van der Waals surface area contributed by atoms with Gasteiger partial charge in [-0.05, 0) is 68.7 Å². The second kappa shape index (κ2) is 28.9. The molecular formula is C48H48O12S6. The monoisotopic (exact) mass is 1010 g/mol. The van der Waals surface area contributed by atoms with Gasteiger partial charge in [0, 0.05) is 100 Å². The third-order valence-electron chi connectivity index (χ3n) is 8.63. The molecule has 348 valence electrons. The summed E-state index contributed by atoms with van der Waals surface area (Å²) in [7, 11) is 0. The summed E-state index contributed by atoms with van der Waals surface area (Å²) in [4.78, 5) is 76.8. The number of hydrogen-bond acceptors (Lipinski definition) is 18. The number of rotatable bonds is 30. The first-order valence-electron chi connectivity index (χ1n) is 20.0. The van der Waals surface area contributed by atoms with Crippen molar-refractivity contribution in [3.8, 4) is 0 Å². The van der Waals surface area contributed by atoms with E-state index in [2.05, 4.69) is 75.9 Å². The van der Waals surface area contributed by atoms with Crippen molar-refractivity contribution >= 4 is 139 Å². The highest BCUT2D eigenvalue weighted by molar-refractivity contribution is 8.03. The Labute approximate surface area is 409 Å². The average Bonchev–Trinajstić information content (AvgIpc) is 3.33. The van der Waals surface area contributed by atoms with Gasteiger partial charge < -0.3 is 28.4 Å². The molecule has 4 aromatic rings. The number of carbonyl (C=O) groups is 6. The van der Waals surface area contributed by atoms with Gasteiger partial charge in [0.05, 0.1) is 0 Å². The van der Waals surface area contributed by atoms with Gasteiger partial charge >= 0.3 is 35.8 Å². The molecule has 0 aromatic heterocycles. The number of ether oxygens (including phenoxy) is 6. The van der Waals surface area contributed by atoms with E-state index in [0.717, 1.165) is 98.1 Å². The lowest BCUT2D eigenvalue weighted by atomic mass is 9.94. The van der Waals surface area contributed by atoms with E-state index in [1.807, 2.05) is 0 Å². The number of benzene rings is 4. The Morgan fingerprint density at radius 1 is 0.303 bits per heavy atom. The van der Waals surface area contributed by atoms with Crippen molar-refractivity contribution in [3.05, 3.63) is 112 Å². The maximum Gasteiger partial charge on any atom is 0.330 e. The molecule has 4 rings (SSSR count). The zero-order chi connectivity index (χ0) is 47.8. The highest BCUT2D eigenvalue weighted by Gasteiger charge is 2.20. The quantitative estimate of drug-likeness (QED) is 0.0121. The van der Waals surface area contributed by atoms with Gasteiger partial charge in [-0.15, -0.1) is 70.6 Å². The molecule has 0 radical (unpaired) electrons. The molecular weight excluding hydrogens is 961 g/mol. The molecule has 0 amide bonds. The summed E-state index contributed by atoms with van der Waals surface area (Å²) in [6.07, 6.45) is 6.70. The fourth-order valence-corrected chi connectivity index (χ4v) is 11.6. The van der Waals surface area contributed by atoms with Crippen LogP contribution in [-0.4, -0.2) is 110 Å². The van der Waals surface area contributed by atoms with Gasteiger partial charge in [-0.3, -0.25) is 0 Å². The van der Waals surface area contributed by atoms with Crippen LogP contribution in [0.2, 0.25) is 0 Å². The molecule has 0 aliphatic carbocycles. The molecule has 0 unspecified atom stereocenters. The molecule has 0 N–H and O–H groups in total. The lowest BCUT2D eigenvalue weighted by Gasteiger charge is -2.19. The van der Waals surface area contributed by atoms with Crippen molar-refractivity contribution < 1.29 is 57.2 Å². The molecule has 0 saturated carbocycles. The molecule has 0 atom stereocenters. The topological polar surface area (TPSA) is 158 Å². The van der Waals surface area contributed by atoms with E-state index in [4.69, 9.17) is 28.4 Å². The summed E-state index contributed by atoms with van der Waals surface area (Å²) in [5, 5.41) is 5.55. The van der Waals surface area contributed by atoms with Crippen LogP contribution in [-0.2, 0) is 57.2 Å². The minimum absolute atomic E-state index is 0.142. The number of esters is 6. The van der Waals surface area contributed by atoms with Crippen LogP contribution >= 0.6 is 70.6 Å². The Balaban J connectivity index is 2.01. The lowest BCUT2D eigenvalue weighted by molar-refractivity contribution is -0.138. The molecule has 0 bridgehead atoms. The van der Waals surface area contributed by atoms with E-state index in [9.17, 15) is 28.8 Å². The summed E-state index contributed by atoms with van der Waals surface area (Å²) in [6.45, 7) is 21.8. The highest BCUT2D eigenvalue weighted by atomic mass is 32.2. The summed E-state index contributed by atoms with van der Waals surface area (Å²) >= 11 is 9.08. The predicted octanol–water partition coefficient (Wildman–Crippen LogP) is 10.1. The second-order valence-electron chi connectivity index (χ2n) is 12.9. The van der Waals surface area contributed by atoms with E-state index >= 15 is 0 Å². The largest absolute Gasteiger partial charge is 0.462 e. The van der Waals surface area contributed by atoms with Crippen molar-refractivity contribution in [2.45, 2.75) is 29.4 Å². The molecule has 66 heavy (non-hydrogen) atoms. The van der Waals surface area contributed by atoms with Crippen LogP contribution in [0.5, 0.6) is 0 Å². The fourth-order valence-electron chi connectivity index (χ4n) is 5.81. The molecule has 0 fully saturated rings. The van der Waals surface area contributed by atoms with Crippen LogP contribution < -0.4 is 0 Å². The zero-order valence-electron chi connectivity index (χ0n) is 36.0. The van der Waals surface area contributed by atoms with Crippen LogP contribution in [0, 0.1) is 0 Å². The van der Waals surface area contributed by atoms with Gasteiger partial charge in [0.25, 0.3) is 0 Å². The third kappa shape index (κ3) is 16.7. The normalized spacial score (nSPS) is 10.7. The van der Waals surface area contributed by atoms with Crippen LogP contribution in [0.1, 0.15) is 0 Å². The Hall–Kier alpha value is -4.98. The van der Waals surface area contributed by atoms with Gasteiger partial charge in [-0.25, -0.2) is 28.8 Å². The van der Waals surface area contributed by atoms with E-state index in [-0.39, 0.29) is 39.6 Å². The minimum Gasteiger partial charge on any atom is -0.462 e. The number of thioether (sulfide) groups is 6. The maximum atomic E-state index is 11.9. The molecule has 12 nitrogen and oxygen atoms in total. The molecule has 0 aliphatic rings. The summed E-state index contributed by atoms with van der Waals surface area (Å²) in [6, 6.07) is 12.7. The van der Waals surface area contributed by atoms with Crippen LogP contribution in [0.25, 0.3) is 32.3 Å². The second-order valence-corrected chi connectivity index (χ2v) is 19.7. The van der Waals surface area contributed by atoms with E-state index in [1.54, 1.807) is 0 Å². The average molecular weight is 1010 g/mol. The number of fused-ring (bicyclic) bond motifs is 6. The fraction of sp³-hybridized carbons (Fsp3) is 0.250. The van der Waals surface area contributed by atoms with Crippen molar-refractivity contribution in [1.29, 1.82) is 0 Å².